The van der Waals surface area contributed by atoms with E-state index in [1.165, 1.54) is 18.7 Å². The second-order valence-corrected chi connectivity index (χ2v) is 7.68. The predicted molar refractivity (Wildman–Crippen MR) is 116 cm³/mol. The fourth-order valence-corrected chi connectivity index (χ4v) is 3.74. The number of thioether (sulfide) groups is 1. The summed E-state index contributed by atoms with van der Waals surface area (Å²) in [6, 6.07) is 12.7. The molecule has 9 heteroatoms. The van der Waals surface area contributed by atoms with Gasteiger partial charge in [0.2, 0.25) is 23.2 Å². The van der Waals surface area contributed by atoms with Crippen LogP contribution in [0, 0.1) is 0 Å². The van der Waals surface area contributed by atoms with Crippen molar-refractivity contribution in [2.75, 3.05) is 17.8 Å². The first-order chi connectivity index (χ1) is 14.5. The van der Waals surface area contributed by atoms with Gasteiger partial charge in [0, 0.05) is 23.1 Å². The van der Waals surface area contributed by atoms with Crippen LogP contribution in [-0.4, -0.2) is 34.0 Å². The topological polar surface area (TPSA) is 77.4 Å². The SMILES string of the molecule is CCOc1ccc(C2Oc3nc(SC)nnc3-c3cc(Cl)ccc3N2C(C)=O)cc1. The molecule has 4 rings (SSSR count). The van der Waals surface area contributed by atoms with Crippen molar-refractivity contribution < 1.29 is 14.3 Å². The summed E-state index contributed by atoms with van der Waals surface area (Å²) in [5.74, 6) is 0.842. The molecule has 1 unspecified atom stereocenters. The Morgan fingerprint density at radius 1 is 1.23 bits per heavy atom. The lowest BCUT2D eigenvalue weighted by Crippen LogP contribution is -2.36. The minimum atomic E-state index is -0.745. The number of ether oxygens (including phenoxy) is 2. The smallest absolute Gasteiger partial charge is 0.247 e. The van der Waals surface area contributed by atoms with Crippen molar-refractivity contribution in [3.63, 3.8) is 0 Å². The van der Waals surface area contributed by atoms with E-state index >= 15 is 0 Å². The van der Waals surface area contributed by atoms with E-state index in [-0.39, 0.29) is 5.91 Å². The second-order valence-electron chi connectivity index (χ2n) is 6.48. The summed E-state index contributed by atoms with van der Waals surface area (Å²) in [6.45, 7) is 3.99. The van der Waals surface area contributed by atoms with E-state index in [1.807, 2.05) is 37.4 Å². The molecule has 3 aromatic rings. The minimum Gasteiger partial charge on any atom is -0.494 e. The number of amides is 1. The number of hydrogen-bond donors (Lipinski definition) is 0. The molecule has 0 aliphatic carbocycles. The number of hydrogen-bond acceptors (Lipinski definition) is 7. The Hall–Kier alpha value is -2.84. The Balaban J connectivity index is 1.91. The molecule has 2 heterocycles. The Labute approximate surface area is 183 Å². The minimum absolute atomic E-state index is 0.191. The lowest BCUT2D eigenvalue weighted by atomic mass is 10.1. The Morgan fingerprint density at radius 2 is 2.00 bits per heavy atom. The predicted octanol–water partition coefficient (Wildman–Crippen LogP) is 4.76. The number of benzene rings is 2. The van der Waals surface area contributed by atoms with Gasteiger partial charge in [-0.3, -0.25) is 9.69 Å². The van der Waals surface area contributed by atoms with Gasteiger partial charge in [0.1, 0.15) is 5.75 Å². The maximum Gasteiger partial charge on any atom is 0.247 e. The molecule has 0 bridgehead atoms. The van der Waals surface area contributed by atoms with Crippen molar-refractivity contribution in [1.29, 1.82) is 0 Å². The Bertz CT molecular complexity index is 1090. The van der Waals surface area contributed by atoms with E-state index in [4.69, 9.17) is 21.1 Å². The molecule has 0 saturated carbocycles. The molecule has 1 aromatic heterocycles. The molecule has 0 saturated heterocycles. The van der Waals surface area contributed by atoms with E-state index in [2.05, 4.69) is 15.2 Å². The number of aromatic nitrogens is 3. The van der Waals surface area contributed by atoms with Gasteiger partial charge in [-0.25, -0.2) is 0 Å². The molecule has 1 atom stereocenters. The summed E-state index contributed by atoms with van der Waals surface area (Å²) in [5.41, 5.74) is 2.46. The van der Waals surface area contributed by atoms with Gasteiger partial charge in [-0.05, 0) is 55.6 Å². The van der Waals surface area contributed by atoms with Crippen LogP contribution in [0.4, 0.5) is 5.69 Å². The lowest BCUT2D eigenvalue weighted by Gasteiger charge is -2.30. The normalized spacial score (nSPS) is 14.9. The first-order valence-corrected chi connectivity index (χ1v) is 10.9. The highest BCUT2D eigenvalue weighted by Gasteiger charge is 2.34. The number of halogens is 1. The third kappa shape index (κ3) is 3.80. The van der Waals surface area contributed by atoms with Crippen LogP contribution in [-0.2, 0) is 4.79 Å². The third-order valence-electron chi connectivity index (χ3n) is 4.56. The summed E-state index contributed by atoms with van der Waals surface area (Å²) in [7, 11) is 0. The van der Waals surface area contributed by atoms with Crippen molar-refractivity contribution in [3.05, 3.63) is 53.1 Å². The molecule has 154 valence electrons. The molecule has 30 heavy (non-hydrogen) atoms. The van der Waals surface area contributed by atoms with Gasteiger partial charge < -0.3 is 9.47 Å². The van der Waals surface area contributed by atoms with Gasteiger partial charge in [0.25, 0.3) is 0 Å². The summed E-state index contributed by atoms with van der Waals surface area (Å²) < 4.78 is 11.8. The van der Waals surface area contributed by atoms with Gasteiger partial charge >= 0.3 is 0 Å². The van der Waals surface area contributed by atoms with E-state index < -0.39 is 6.23 Å². The molecule has 7 nitrogen and oxygen atoms in total. The van der Waals surface area contributed by atoms with Gasteiger partial charge in [-0.1, -0.05) is 23.4 Å². The number of anilines is 1. The number of nitrogens with zero attached hydrogens (tertiary/aromatic N) is 4. The van der Waals surface area contributed by atoms with E-state index in [1.54, 1.807) is 23.1 Å². The molecule has 1 aliphatic rings. The molecule has 2 aromatic carbocycles. The van der Waals surface area contributed by atoms with Gasteiger partial charge in [0.05, 0.1) is 12.3 Å². The zero-order valence-electron chi connectivity index (χ0n) is 16.6. The zero-order valence-corrected chi connectivity index (χ0v) is 18.2. The monoisotopic (exact) mass is 442 g/mol. The molecule has 0 fully saturated rings. The van der Waals surface area contributed by atoms with Gasteiger partial charge in [-0.15, -0.1) is 10.2 Å². The van der Waals surface area contributed by atoms with Crippen LogP contribution in [0.5, 0.6) is 11.6 Å². The zero-order chi connectivity index (χ0) is 21.3. The van der Waals surface area contributed by atoms with E-state index in [0.717, 1.165) is 11.3 Å². The average molecular weight is 443 g/mol. The van der Waals surface area contributed by atoms with Crippen LogP contribution in [0.25, 0.3) is 11.3 Å². The standard InChI is InChI=1S/C21H19ClN4O3S/c1-4-28-15-8-5-13(6-9-15)20-26(12(2)27)17-10-7-14(22)11-16(17)18-19(29-20)23-21(30-3)25-24-18/h5-11,20H,4H2,1-3H3. The van der Waals surface area contributed by atoms with Crippen molar-refractivity contribution in [1.82, 2.24) is 15.2 Å². The summed E-state index contributed by atoms with van der Waals surface area (Å²) in [4.78, 5) is 18.8. The Kier molecular flexibility index (Phi) is 5.78. The van der Waals surface area contributed by atoms with E-state index in [9.17, 15) is 4.79 Å². The van der Waals surface area contributed by atoms with Gasteiger partial charge in [0.15, 0.2) is 5.69 Å². The average Bonchev–Trinajstić information content (AvgIpc) is 2.88. The largest absolute Gasteiger partial charge is 0.494 e. The van der Waals surface area contributed by atoms with Gasteiger partial charge in [-0.2, -0.15) is 4.98 Å². The van der Waals surface area contributed by atoms with Crippen LogP contribution in [0.1, 0.15) is 25.6 Å². The summed E-state index contributed by atoms with van der Waals surface area (Å²) >= 11 is 7.61. The Morgan fingerprint density at radius 3 is 2.67 bits per heavy atom. The van der Waals surface area contributed by atoms with Crippen LogP contribution in [0.15, 0.2) is 47.6 Å². The second kappa shape index (κ2) is 8.49. The fourth-order valence-electron chi connectivity index (χ4n) is 3.28. The van der Waals surface area contributed by atoms with Crippen LogP contribution in [0.3, 0.4) is 0 Å². The molecular formula is C21H19ClN4O3S. The number of carbonyl (C=O) groups excluding carboxylic acids is 1. The summed E-state index contributed by atoms with van der Waals surface area (Å²) in [6.07, 6.45) is 1.11. The fraction of sp³-hybridized carbons (Fsp3) is 0.238. The van der Waals surface area contributed by atoms with Crippen molar-refractivity contribution in [3.8, 4) is 22.9 Å². The highest BCUT2D eigenvalue weighted by Crippen LogP contribution is 2.44. The molecule has 1 amide bonds. The third-order valence-corrected chi connectivity index (χ3v) is 5.34. The molecule has 0 spiro atoms. The number of fused-ring (bicyclic) bond motifs is 3. The summed E-state index contributed by atoms with van der Waals surface area (Å²) in [5, 5.41) is 9.44. The first-order valence-electron chi connectivity index (χ1n) is 9.29. The molecule has 1 aliphatic heterocycles. The van der Waals surface area contributed by atoms with Crippen LogP contribution >= 0.6 is 23.4 Å². The highest BCUT2D eigenvalue weighted by atomic mass is 35.5. The van der Waals surface area contributed by atoms with Crippen LogP contribution < -0.4 is 14.4 Å². The highest BCUT2D eigenvalue weighted by molar-refractivity contribution is 7.98. The maximum atomic E-state index is 12.8. The van der Waals surface area contributed by atoms with Crippen molar-refractivity contribution >= 4 is 35.0 Å². The lowest BCUT2D eigenvalue weighted by molar-refractivity contribution is -0.118. The van der Waals surface area contributed by atoms with Crippen molar-refractivity contribution in [2.24, 2.45) is 0 Å². The van der Waals surface area contributed by atoms with Crippen molar-refractivity contribution in [2.45, 2.75) is 25.2 Å². The number of rotatable bonds is 4. The maximum absolute atomic E-state index is 12.8. The first kappa shape index (κ1) is 20.4. The van der Waals surface area contributed by atoms with Crippen LogP contribution in [0.2, 0.25) is 5.02 Å². The quantitative estimate of drug-likeness (QED) is 0.539. The molecular weight excluding hydrogens is 424 g/mol. The molecule has 0 radical (unpaired) electrons. The molecule has 0 N–H and O–H groups in total. The number of carbonyl (C=O) groups is 1. The van der Waals surface area contributed by atoms with E-state index in [0.29, 0.717) is 39.6 Å².